The lowest BCUT2D eigenvalue weighted by molar-refractivity contribution is 0.674. The molecule has 0 saturated heterocycles. The molecule has 0 heteroatoms. The van der Waals surface area contributed by atoms with Crippen molar-refractivity contribution in [2.75, 3.05) is 0 Å². The highest BCUT2D eigenvalue weighted by Crippen LogP contribution is 2.02. The van der Waals surface area contributed by atoms with Crippen molar-refractivity contribution in [3.63, 3.8) is 0 Å². The number of hydrogen-bond donors (Lipinski definition) is 0. The van der Waals surface area contributed by atoms with Gasteiger partial charge >= 0.3 is 0 Å². The maximum atomic E-state index is 2.26. The summed E-state index contributed by atoms with van der Waals surface area (Å²) >= 11 is 0. The Morgan fingerprint density at radius 2 is 1.43 bits per heavy atom. The summed E-state index contributed by atoms with van der Waals surface area (Å²) in [4.78, 5) is 0. The Bertz CT molecular complexity index is 172. The van der Waals surface area contributed by atoms with Crippen LogP contribution in [-0.2, 0) is 0 Å². The van der Waals surface area contributed by atoms with Gasteiger partial charge in [-0.3, -0.25) is 0 Å². The van der Waals surface area contributed by atoms with Gasteiger partial charge in [0.1, 0.15) is 0 Å². The van der Waals surface area contributed by atoms with E-state index in [-0.39, 0.29) is 0 Å². The maximum Gasteiger partial charge on any atom is -0.0348 e. The topological polar surface area (TPSA) is 0 Å². The van der Waals surface area contributed by atoms with Crippen molar-refractivity contribution < 1.29 is 0 Å². The minimum absolute atomic E-state index is 1.12. The third-order valence-corrected chi connectivity index (χ3v) is 2.07. The summed E-state index contributed by atoms with van der Waals surface area (Å²) in [5.41, 5.74) is 0. The van der Waals surface area contributed by atoms with Crippen LogP contribution in [0.3, 0.4) is 0 Å². The van der Waals surface area contributed by atoms with E-state index in [4.69, 9.17) is 0 Å². The molecule has 0 amide bonds. The molecule has 14 heavy (non-hydrogen) atoms. The summed E-state index contributed by atoms with van der Waals surface area (Å²) in [7, 11) is 0. The summed E-state index contributed by atoms with van der Waals surface area (Å²) in [5, 5.41) is 0. The van der Waals surface area contributed by atoms with Crippen LogP contribution in [0.25, 0.3) is 0 Å². The minimum atomic E-state index is 1.12. The van der Waals surface area contributed by atoms with Crippen molar-refractivity contribution in [1.82, 2.24) is 0 Å². The Balaban J connectivity index is 3.26. The van der Waals surface area contributed by atoms with Crippen molar-refractivity contribution in [3.8, 4) is 0 Å². The average Bonchev–Trinajstić information content (AvgIpc) is 2.21. The molecule has 0 saturated carbocycles. The fourth-order valence-electron chi connectivity index (χ4n) is 1.21. The molecule has 80 valence electrons. The summed E-state index contributed by atoms with van der Waals surface area (Å²) in [5.74, 6) is 0. The number of hydrogen-bond acceptors (Lipinski definition) is 0. The van der Waals surface area contributed by atoms with Gasteiger partial charge in [-0.1, -0.05) is 69.6 Å². The highest BCUT2D eigenvalue weighted by molar-refractivity contribution is 5.10. The van der Waals surface area contributed by atoms with Crippen molar-refractivity contribution in [1.29, 1.82) is 0 Å². The van der Waals surface area contributed by atoms with Gasteiger partial charge in [-0.15, -0.1) is 0 Å². The fourth-order valence-corrected chi connectivity index (χ4v) is 1.21. The highest BCUT2D eigenvalue weighted by atomic mass is 13.9. The molecule has 0 atom stereocenters. The minimum Gasteiger partial charge on any atom is -0.0848 e. The molecule has 0 bridgehead atoms. The Morgan fingerprint density at radius 1 is 0.714 bits per heavy atom. The van der Waals surface area contributed by atoms with E-state index in [1.807, 2.05) is 0 Å². The van der Waals surface area contributed by atoms with Crippen molar-refractivity contribution in [2.24, 2.45) is 0 Å². The summed E-state index contributed by atoms with van der Waals surface area (Å²) in [6.45, 7) is 4.40. The summed E-state index contributed by atoms with van der Waals surface area (Å²) in [6.07, 6.45) is 20.6. The SMILES string of the molecule is CC/C=C/C=C/C=C/CCCCCC. The van der Waals surface area contributed by atoms with Gasteiger partial charge in [-0.25, -0.2) is 0 Å². The van der Waals surface area contributed by atoms with Gasteiger partial charge in [0.15, 0.2) is 0 Å². The maximum absolute atomic E-state index is 2.26. The van der Waals surface area contributed by atoms with E-state index >= 15 is 0 Å². The van der Waals surface area contributed by atoms with Crippen molar-refractivity contribution in [3.05, 3.63) is 36.5 Å². The molecular formula is C14H24. The zero-order valence-electron chi connectivity index (χ0n) is 9.71. The zero-order valence-corrected chi connectivity index (χ0v) is 9.71. The van der Waals surface area contributed by atoms with E-state index < -0.39 is 0 Å². The van der Waals surface area contributed by atoms with Crippen molar-refractivity contribution in [2.45, 2.75) is 52.4 Å². The first-order valence-corrected chi connectivity index (χ1v) is 5.90. The largest absolute Gasteiger partial charge is 0.0848 e. The lowest BCUT2D eigenvalue weighted by Gasteiger charge is -1.92. The lowest BCUT2D eigenvalue weighted by Crippen LogP contribution is -1.72. The molecule has 0 aliphatic carbocycles. The average molecular weight is 192 g/mol. The third-order valence-electron chi connectivity index (χ3n) is 2.07. The molecule has 0 N–H and O–H groups in total. The first-order valence-electron chi connectivity index (χ1n) is 5.90. The van der Waals surface area contributed by atoms with Crippen LogP contribution in [-0.4, -0.2) is 0 Å². The quantitative estimate of drug-likeness (QED) is 0.373. The third kappa shape index (κ3) is 11.2. The molecular weight excluding hydrogens is 168 g/mol. The van der Waals surface area contributed by atoms with Crippen LogP contribution in [0.15, 0.2) is 36.5 Å². The number of rotatable bonds is 8. The second kappa shape index (κ2) is 12.2. The zero-order chi connectivity index (χ0) is 10.5. The highest BCUT2D eigenvalue weighted by Gasteiger charge is 1.82. The van der Waals surface area contributed by atoms with Gasteiger partial charge in [0, 0.05) is 0 Å². The van der Waals surface area contributed by atoms with Crippen LogP contribution in [0, 0.1) is 0 Å². The molecule has 0 aromatic carbocycles. The second-order valence-electron chi connectivity index (χ2n) is 3.50. The molecule has 0 aromatic rings. The van der Waals surface area contributed by atoms with Gasteiger partial charge in [-0.2, -0.15) is 0 Å². The van der Waals surface area contributed by atoms with Gasteiger partial charge < -0.3 is 0 Å². The normalized spacial score (nSPS) is 12.4. The van der Waals surface area contributed by atoms with Crippen LogP contribution < -0.4 is 0 Å². The monoisotopic (exact) mass is 192 g/mol. The van der Waals surface area contributed by atoms with E-state index in [1.54, 1.807) is 0 Å². The molecule has 0 radical (unpaired) electrons. The van der Waals surface area contributed by atoms with E-state index in [1.165, 1.54) is 32.1 Å². The van der Waals surface area contributed by atoms with E-state index in [9.17, 15) is 0 Å². The van der Waals surface area contributed by atoms with Gasteiger partial charge in [0.2, 0.25) is 0 Å². The van der Waals surface area contributed by atoms with Crippen LogP contribution >= 0.6 is 0 Å². The van der Waals surface area contributed by atoms with Crippen LogP contribution in [0.1, 0.15) is 52.4 Å². The molecule has 0 nitrogen and oxygen atoms in total. The lowest BCUT2D eigenvalue weighted by atomic mass is 10.1. The molecule has 0 spiro atoms. The van der Waals surface area contributed by atoms with Gasteiger partial charge in [0.25, 0.3) is 0 Å². The van der Waals surface area contributed by atoms with E-state index in [0.717, 1.165) is 6.42 Å². The second-order valence-corrected chi connectivity index (χ2v) is 3.50. The van der Waals surface area contributed by atoms with Crippen LogP contribution in [0.2, 0.25) is 0 Å². The molecule has 0 heterocycles. The Morgan fingerprint density at radius 3 is 2.07 bits per heavy atom. The van der Waals surface area contributed by atoms with Crippen molar-refractivity contribution >= 4 is 0 Å². The fraction of sp³-hybridized carbons (Fsp3) is 0.571. The molecule has 0 aliphatic heterocycles. The summed E-state index contributed by atoms with van der Waals surface area (Å²) < 4.78 is 0. The van der Waals surface area contributed by atoms with E-state index in [2.05, 4.69) is 50.3 Å². The molecule has 0 aromatic heterocycles. The number of unbranched alkanes of at least 4 members (excludes halogenated alkanes) is 4. The standard InChI is InChI=1S/C14H24/c1-3-5-7-9-11-13-14-12-10-8-6-4-2/h5,7,9,11,13-14H,3-4,6,8,10,12H2,1-2H3/b7-5+,11-9+,14-13+. The van der Waals surface area contributed by atoms with E-state index in [0.29, 0.717) is 0 Å². The van der Waals surface area contributed by atoms with Gasteiger partial charge in [-0.05, 0) is 19.3 Å². The Labute approximate surface area is 89.4 Å². The first-order chi connectivity index (χ1) is 6.91. The van der Waals surface area contributed by atoms with Crippen LogP contribution in [0.5, 0.6) is 0 Å². The van der Waals surface area contributed by atoms with Gasteiger partial charge in [0.05, 0.1) is 0 Å². The molecule has 0 rings (SSSR count). The molecule has 0 fully saturated rings. The molecule has 0 unspecified atom stereocenters. The Kier molecular flexibility index (Phi) is 11.5. The smallest absolute Gasteiger partial charge is 0.0348 e. The van der Waals surface area contributed by atoms with Crippen LogP contribution in [0.4, 0.5) is 0 Å². The number of allylic oxidation sites excluding steroid dienone is 6. The Hall–Kier alpha value is -0.780. The predicted molar refractivity (Wildman–Crippen MR) is 66.5 cm³/mol. The summed E-state index contributed by atoms with van der Waals surface area (Å²) in [6, 6.07) is 0. The molecule has 0 aliphatic rings. The first kappa shape index (κ1) is 13.2. The predicted octanol–water partition coefficient (Wildman–Crippen LogP) is 5.04.